The first-order chi connectivity index (χ1) is 8.20. The number of nitrogens with one attached hydrogen (secondary N) is 1. The zero-order valence-electron chi connectivity index (χ0n) is 8.66. The van der Waals surface area contributed by atoms with Crippen LogP contribution >= 0.6 is 0 Å². The number of benzene rings is 1. The van der Waals surface area contributed by atoms with Crippen LogP contribution in [-0.4, -0.2) is 31.1 Å². The van der Waals surface area contributed by atoms with Gasteiger partial charge in [-0.2, -0.15) is 5.21 Å². The highest BCUT2D eigenvalue weighted by atomic mass is 16.4. The van der Waals surface area contributed by atoms with Crippen molar-refractivity contribution in [1.82, 2.24) is 20.0 Å². The molecule has 1 atom stereocenters. The molecule has 0 spiro atoms. The number of hydrogen-bond acceptors (Lipinski definition) is 4. The lowest BCUT2D eigenvalue weighted by atomic mass is 10.1. The van der Waals surface area contributed by atoms with Gasteiger partial charge >= 0.3 is 5.97 Å². The summed E-state index contributed by atoms with van der Waals surface area (Å²) >= 11 is 0. The Balaban J connectivity index is 2.46. The van der Waals surface area contributed by atoms with Crippen LogP contribution in [-0.2, 0) is 4.79 Å². The summed E-state index contributed by atoms with van der Waals surface area (Å²) in [5.41, 5.74) is 7.40. The summed E-state index contributed by atoms with van der Waals surface area (Å²) in [4.78, 5) is 11.0. The molecule has 4 N–H and O–H groups in total. The van der Waals surface area contributed by atoms with Gasteiger partial charge in [-0.15, -0.1) is 5.10 Å². The van der Waals surface area contributed by atoms with Gasteiger partial charge in [0.1, 0.15) is 6.04 Å². The monoisotopic (exact) mass is 231 g/mol. The van der Waals surface area contributed by atoms with Gasteiger partial charge in [0.25, 0.3) is 0 Å². The van der Waals surface area contributed by atoms with Crippen molar-refractivity contribution in [1.29, 1.82) is 0 Å². The van der Waals surface area contributed by atoms with E-state index in [1.807, 2.05) is 24.3 Å². The minimum Gasteiger partial charge on any atom is -0.480 e. The third kappa shape index (κ3) is 1.23. The molecule has 86 valence electrons. The SMILES string of the molecule is NC(C(=O)O)c1c2ccccc2n2[nH]nnc12. The molecule has 0 saturated heterocycles. The van der Waals surface area contributed by atoms with Gasteiger partial charge < -0.3 is 10.8 Å². The summed E-state index contributed by atoms with van der Waals surface area (Å²) in [5, 5.41) is 20.0. The number of nitrogens with two attached hydrogens (primary N) is 1. The largest absolute Gasteiger partial charge is 0.480 e. The predicted molar refractivity (Wildman–Crippen MR) is 59.4 cm³/mol. The number of aliphatic carboxylic acids is 1. The number of tetrazole rings is 1. The molecule has 17 heavy (non-hydrogen) atoms. The Hall–Kier alpha value is -2.41. The van der Waals surface area contributed by atoms with E-state index in [-0.39, 0.29) is 0 Å². The summed E-state index contributed by atoms with van der Waals surface area (Å²) in [6.07, 6.45) is 0. The maximum absolute atomic E-state index is 11.0. The molecule has 0 aliphatic heterocycles. The summed E-state index contributed by atoms with van der Waals surface area (Å²) in [6.45, 7) is 0. The summed E-state index contributed by atoms with van der Waals surface area (Å²) in [7, 11) is 0. The van der Waals surface area contributed by atoms with Gasteiger partial charge in [-0.1, -0.05) is 23.4 Å². The zero-order chi connectivity index (χ0) is 12.0. The fourth-order valence-electron chi connectivity index (χ4n) is 2.00. The van der Waals surface area contributed by atoms with Gasteiger partial charge in [0.15, 0.2) is 5.65 Å². The maximum Gasteiger partial charge on any atom is 0.325 e. The highest BCUT2D eigenvalue weighted by molar-refractivity contribution is 5.95. The molecule has 7 nitrogen and oxygen atoms in total. The van der Waals surface area contributed by atoms with Crippen LogP contribution in [0.5, 0.6) is 0 Å². The Labute approximate surface area is 94.8 Å². The summed E-state index contributed by atoms with van der Waals surface area (Å²) < 4.78 is 1.62. The molecular weight excluding hydrogens is 222 g/mol. The van der Waals surface area contributed by atoms with Crippen molar-refractivity contribution in [2.24, 2.45) is 5.73 Å². The van der Waals surface area contributed by atoms with Crippen LogP contribution in [0.25, 0.3) is 16.6 Å². The lowest BCUT2D eigenvalue weighted by Crippen LogP contribution is -2.20. The maximum atomic E-state index is 11.0. The van der Waals surface area contributed by atoms with Gasteiger partial charge in [-0.25, -0.2) is 4.52 Å². The molecule has 3 aromatic rings. The van der Waals surface area contributed by atoms with Crippen molar-refractivity contribution < 1.29 is 9.90 Å². The van der Waals surface area contributed by atoms with E-state index in [1.54, 1.807) is 4.52 Å². The minimum absolute atomic E-state index is 0.445. The number of carboxylic acid groups (broad SMARTS) is 1. The Morgan fingerprint density at radius 2 is 2.24 bits per heavy atom. The highest BCUT2D eigenvalue weighted by Gasteiger charge is 2.24. The second-order valence-corrected chi connectivity index (χ2v) is 3.71. The molecule has 0 aliphatic rings. The smallest absolute Gasteiger partial charge is 0.325 e. The van der Waals surface area contributed by atoms with E-state index >= 15 is 0 Å². The number of carbonyl (C=O) groups is 1. The van der Waals surface area contributed by atoms with Crippen LogP contribution in [0.15, 0.2) is 24.3 Å². The minimum atomic E-state index is -1.12. The van der Waals surface area contributed by atoms with E-state index in [9.17, 15) is 4.79 Å². The van der Waals surface area contributed by atoms with Gasteiger partial charge in [0.05, 0.1) is 5.52 Å². The average molecular weight is 231 g/mol. The Kier molecular flexibility index (Phi) is 1.89. The van der Waals surface area contributed by atoms with E-state index in [1.165, 1.54) is 0 Å². The third-order valence-electron chi connectivity index (χ3n) is 2.75. The normalized spacial score (nSPS) is 13.2. The number of nitrogens with zero attached hydrogens (tertiary/aromatic N) is 3. The molecule has 1 aromatic carbocycles. The molecule has 0 radical (unpaired) electrons. The Morgan fingerprint density at radius 1 is 1.47 bits per heavy atom. The number of aromatic nitrogens is 4. The number of carboxylic acids is 1. The first kappa shape index (κ1) is 9.79. The fraction of sp³-hybridized carbons (Fsp3) is 0.100. The van der Waals surface area contributed by atoms with Gasteiger partial charge in [-0.3, -0.25) is 4.79 Å². The molecule has 0 aliphatic carbocycles. The zero-order valence-corrected chi connectivity index (χ0v) is 8.66. The molecule has 7 heteroatoms. The van der Waals surface area contributed by atoms with Gasteiger partial charge in [-0.05, 0) is 6.07 Å². The van der Waals surface area contributed by atoms with Crippen LogP contribution in [0.2, 0.25) is 0 Å². The van der Waals surface area contributed by atoms with Crippen LogP contribution < -0.4 is 5.73 Å². The number of aromatic amines is 1. The van der Waals surface area contributed by atoms with Gasteiger partial charge in [0, 0.05) is 10.9 Å². The number of para-hydroxylation sites is 1. The molecule has 0 amide bonds. The molecular formula is C10H9N5O2. The lowest BCUT2D eigenvalue weighted by molar-refractivity contribution is -0.138. The standard InChI is InChI=1S/C10H9N5O2/c11-8(10(16)17)7-5-3-1-2-4-6(5)15-9(7)12-13-14-15/h1-4,8H,11H2,(H,12,14)(H,16,17). The average Bonchev–Trinajstić information content (AvgIpc) is 2.87. The topological polar surface area (TPSA) is 109 Å². The van der Waals surface area contributed by atoms with E-state index in [2.05, 4.69) is 15.5 Å². The predicted octanol–water partition coefficient (Wildman–Crippen LogP) is 0.295. The van der Waals surface area contributed by atoms with E-state index in [4.69, 9.17) is 10.8 Å². The fourth-order valence-corrected chi connectivity index (χ4v) is 2.00. The first-order valence-electron chi connectivity index (χ1n) is 4.98. The Morgan fingerprint density at radius 3 is 3.00 bits per heavy atom. The van der Waals surface area contributed by atoms with Crippen molar-refractivity contribution in [2.45, 2.75) is 6.04 Å². The van der Waals surface area contributed by atoms with E-state index in [0.717, 1.165) is 10.9 Å². The van der Waals surface area contributed by atoms with Crippen molar-refractivity contribution in [3.05, 3.63) is 29.8 Å². The van der Waals surface area contributed by atoms with Crippen molar-refractivity contribution in [3.63, 3.8) is 0 Å². The van der Waals surface area contributed by atoms with E-state index in [0.29, 0.717) is 11.2 Å². The molecule has 0 fully saturated rings. The number of fused-ring (bicyclic) bond motifs is 3. The number of H-pyrrole nitrogens is 1. The summed E-state index contributed by atoms with van der Waals surface area (Å²) in [6, 6.07) is 6.23. The van der Waals surface area contributed by atoms with Crippen LogP contribution in [0.3, 0.4) is 0 Å². The van der Waals surface area contributed by atoms with Crippen LogP contribution in [0.1, 0.15) is 11.6 Å². The van der Waals surface area contributed by atoms with Crippen molar-refractivity contribution in [2.75, 3.05) is 0 Å². The van der Waals surface area contributed by atoms with Crippen LogP contribution in [0, 0.1) is 0 Å². The summed E-state index contributed by atoms with van der Waals surface area (Å²) in [5.74, 6) is -1.09. The molecule has 2 aromatic heterocycles. The first-order valence-corrected chi connectivity index (χ1v) is 4.98. The van der Waals surface area contributed by atoms with Crippen molar-refractivity contribution >= 4 is 22.5 Å². The quantitative estimate of drug-likeness (QED) is 0.587. The van der Waals surface area contributed by atoms with Crippen molar-refractivity contribution in [3.8, 4) is 0 Å². The van der Waals surface area contributed by atoms with Gasteiger partial charge in [0.2, 0.25) is 0 Å². The number of rotatable bonds is 2. The second kappa shape index (κ2) is 3.29. The molecule has 1 unspecified atom stereocenters. The third-order valence-corrected chi connectivity index (χ3v) is 2.75. The van der Waals surface area contributed by atoms with Crippen LogP contribution in [0.4, 0.5) is 0 Å². The van der Waals surface area contributed by atoms with E-state index < -0.39 is 12.0 Å². The molecule has 3 rings (SSSR count). The Bertz CT molecular complexity index is 714. The highest BCUT2D eigenvalue weighted by Crippen LogP contribution is 2.28. The number of hydrogen-bond donors (Lipinski definition) is 3. The lowest BCUT2D eigenvalue weighted by Gasteiger charge is -2.03. The molecule has 0 bridgehead atoms. The second-order valence-electron chi connectivity index (χ2n) is 3.71. The molecule has 0 saturated carbocycles. The molecule has 2 heterocycles.